The predicted octanol–water partition coefficient (Wildman–Crippen LogP) is 6.19. The van der Waals surface area contributed by atoms with Gasteiger partial charge in [0.05, 0.1) is 11.7 Å². The van der Waals surface area contributed by atoms with E-state index >= 15 is 0 Å². The van der Waals surface area contributed by atoms with Crippen LogP contribution in [-0.2, 0) is 22.7 Å². The van der Waals surface area contributed by atoms with Gasteiger partial charge in [-0.05, 0) is 85.5 Å². The average molecular weight is 550 g/mol. The Balaban J connectivity index is 1.08. The summed E-state index contributed by atoms with van der Waals surface area (Å²) >= 11 is 0. The number of anilines is 2. The number of nitrogens with zero attached hydrogens (tertiary/aromatic N) is 3. The Kier molecular flexibility index (Phi) is 6.93. The number of carbonyl (C=O) groups is 2. The van der Waals surface area contributed by atoms with E-state index in [-0.39, 0.29) is 11.8 Å². The standard InChI is InChI=1S/C32H28FN5O3/c1-2-38-19-23(18-35-38)22-5-12-27-28(17-22)34-16-13-29(27)41-20-21-3-8-25(9-4-21)36-30(39)32(14-15-32)31(40)37-26-10-6-24(33)7-11-26/h3-13,16-19H,2,14-15,20H2,1H3,(H,36,39)(H,37,40). The summed E-state index contributed by atoms with van der Waals surface area (Å²) in [7, 11) is 0. The molecule has 0 spiro atoms. The van der Waals surface area contributed by atoms with Crippen molar-refractivity contribution in [3.8, 4) is 16.9 Å². The van der Waals surface area contributed by atoms with E-state index in [2.05, 4.69) is 27.6 Å². The molecule has 2 amide bonds. The molecule has 3 aromatic carbocycles. The van der Waals surface area contributed by atoms with E-state index < -0.39 is 11.2 Å². The van der Waals surface area contributed by atoms with Crippen LogP contribution in [0.2, 0.25) is 0 Å². The van der Waals surface area contributed by atoms with Gasteiger partial charge in [-0.25, -0.2) is 4.39 Å². The van der Waals surface area contributed by atoms with Gasteiger partial charge in [0.1, 0.15) is 23.6 Å². The number of ether oxygens (including phenoxy) is 1. The second-order valence-corrected chi connectivity index (χ2v) is 10.1. The fourth-order valence-electron chi connectivity index (χ4n) is 4.68. The van der Waals surface area contributed by atoms with Crippen molar-refractivity contribution < 1.29 is 18.7 Å². The first-order valence-corrected chi connectivity index (χ1v) is 13.5. The Morgan fingerprint density at radius 1 is 0.927 bits per heavy atom. The number of hydrogen-bond donors (Lipinski definition) is 2. The number of rotatable bonds is 9. The molecule has 0 bridgehead atoms. The van der Waals surface area contributed by atoms with Crippen molar-refractivity contribution >= 4 is 34.1 Å². The molecule has 0 atom stereocenters. The van der Waals surface area contributed by atoms with Gasteiger partial charge in [-0.2, -0.15) is 5.10 Å². The molecule has 1 aliphatic carbocycles. The van der Waals surface area contributed by atoms with Gasteiger partial charge in [0.2, 0.25) is 11.8 Å². The van der Waals surface area contributed by atoms with Gasteiger partial charge in [0.25, 0.3) is 0 Å². The Bertz CT molecular complexity index is 1730. The summed E-state index contributed by atoms with van der Waals surface area (Å²) in [6.07, 6.45) is 6.52. The molecule has 2 N–H and O–H groups in total. The molecule has 41 heavy (non-hydrogen) atoms. The fraction of sp³-hybridized carbons (Fsp3) is 0.188. The quantitative estimate of drug-likeness (QED) is 0.214. The Hall–Kier alpha value is -5.05. The molecule has 0 radical (unpaired) electrons. The summed E-state index contributed by atoms with van der Waals surface area (Å²) < 4.78 is 21.2. The molecule has 206 valence electrons. The van der Waals surface area contributed by atoms with E-state index in [1.54, 1.807) is 18.3 Å². The van der Waals surface area contributed by atoms with E-state index in [9.17, 15) is 14.0 Å². The highest BCUT2D eigenvalue weighted by Gasteiger charge is 2.56. The number of halogens is 1. The minimum atomic E-state index is -1.12. The number of amides is 2. The van der Waals surface area contributed by atoms with Crippen molar-refractivity contribution in [1.29, 1.82) is 0 Å². The summed E-state index contributed by atoms with van der Waals surface area (Å²) in [5, 5.41) is 10.8. The van der Waals surface area contributed by atoms with Crippen LogP contribution in [0.3, 0.4) is 0 Å². The topological polar surface area (TPSA) is 98.1 Å². The van der Waals surface area contributed by atoms with Crippen molar-refractivity contribution in [2.75, 3.05) is 10.6 Å². The molecular formula is C32H28FN5O3. The third-order valence-electron chi connectivity index (χ3n) is 7.32. The summed E-state index contributed by atoms with van der Waals surface area (Å²) in [6, 6.07) is 20.7. The van der Waals surface area contributed by atoms with Crippen LogP contribution in [0.4, 0.5) is 15.8 Å². The lowest BCUT2D eigenvalue weighted by atomic mass is 10.0. The highest BCUT2D eigenvalue weighted by atomic mass is 19.1. The van der Waals surface area contributed by atoms with Crippen molar-refractivity contribution in [1.82, 2.24) is 14.8 Å². The third-order valence-corrected chi connectivity index (χ3v) is 7.32. The third kappa shape index (κ3) is 5.51. The molecule has 2 heterocycles. The van der Waals surface area contributed by atoms with E-state index in [4.69, 9.17) is 4.74 Å². The predicted molar refractivity (Wildman–Crippen MR) is 155 cm³/mol. The Morgan fingerprint density at radius 3 is 2.24 bits per heavy atom. The fourth-order valence-corrected chi connectivity index (χ4v) is 4.68. The number of benzene rings is 3. The Morgan fingerprint density at radius 2 is 1.61 bits per heavy atom. The lowest BCUT2D eigenvalue weighted by Gasteiger charge is -2.16. The van der Waals surface area contributed by atoms with Gasteiger partial charge in [0, 0.05) is 41.3 Å². The van der Waals surface area contributed by atoms with Gasteiger partial charge in [-0.15, -0.1) is 0 Å². The number of pyridine rings is 1. The molecule has 0 saturated heterocycles. The second-order valence-electron chi connectivity index (χ2n) is 10.1. The van der Waals surface area contributed by atoms with E-state index in [0.29, 0.717) is 30.8 Å². The van der Waals surface area contributed by atoms with Crippen LogP contribution in [0.1, 0.15) is 25.3 Å². The lowest BCUT2D eigenvalue weighted by Crippen LogP contribution is -2.35. The van der Waals surface area contributed by atoms with Gasteiger partial charge < -0.3 is 15.4 Å². The zero-order valence-electron chi connectivity index (χ0n) is 22.4. The molecule has 0 unspecified atom stereocenters. The molecule has 1 fully saturated rings. The second kappa shape index (κ2) is 10.8. The van der Waals surface area contributed by atoms with Gasteiger partial charge in [0.15, 0.2) is 0 Å². The molecular weight excluding hydrogens is 521 g/mol. The van der Waals surface area contributed by atoms with Crippen LogP contribution < -0.4 is 15.4 Å². The minimum absolute atomic E-state index is 0.336. The summed E-state index contributed by atoms with van der Waals surface area (Å²) in [6.45, 7) is 3.20. The molecule has 2 aromatic heterocycles. The van der Waals surface area contributed by atoms with E-state index in [0.717, 1.165) is 39.9 Å². The van der Waals surface area contributed by atoms with Crippen molar-refractivity contribution in [2.45, 2.75) is 32.9 Å². The number of aryl methyl sites for hydroxylation is 1. The van der Waals surface area contributed by atoms with Crippen LogP contribution in [0.5, 0.6) is 5.75 Å². The number of carbonyl (C=O) groups excluding carboxylic acids is 2. The molecule has 5 aromatic rings. The van der Waals surface area contributed by atoms with Crippen molar-refractivity contribution in [3.05, 3.63) is 103 Å². The number of aromatic nitrogens is 3. The van der Waals surface area contributed by atoms with Crippen LogP contribution in [-0.4, -0.2) is 26.6 Å². The van der Waals surface area contributed by atoms with Crippen LogP contribution in [0.15, 0.2) is 91.4 Å². The van der Waals surface area contributed by atoms with Gasteiger partial charge in [-0.3, -0.25) is 19.3 Å². The maximum atomic E-state index is 13.2. The molecule has 0 aliphatic heterocycles. The zero-order valence-corrected chi connectivity index (χ0v) is 22.4. The van der Waals surface area contributed by atoms with Gasteiger partial charge >= 0.3 is 0 Å². The maximum Gasteiger partial charge on any atom is 0.240 e. The normalized spacial score (nSPS) is 13.5. The largest absolute Gasteiger partial charge is 0.488 e. The molecule has 8 nitrogen and oxygen atoms in total. The molecule has 9 heteroatoms. The zero-order chi connectivity index (χ0) is 28.4. The first-order valence-electron chi connectivity index (χ1n) is 13.5. The minimum Gasteiger partial charge on any atom is -0.488 e. The highest BCUT2D eigenvalue weighted by Crippen LogP contribution is 2.47. The van der Waals surface area contributed by atoms with Crippen LogP contribution in [0, 0.1) is 11.2 Å². The van der Waals surface area contributed by atoms with Gasteiger partial charge in [-0.1, -0.05) is 18.2 Å². The van der Waals surface area contributed by atoms with Crippen molar-refractivity contribution in [3.63, 3.8) is 0 Å². The first kappa shape index (κ1) is 26.2. The Labute approximate surface area is 236 Å². The first-order chi connectivity index (χ1) is 19.9. The summed E-state index contributed by atoms with van der Waals surface area (Å²) in [5.41, 5.74) is 3.76. The summed E-state index contributed by atoms with van der Waals surface area (Å²) in [4.78, 5) is 30.3. The lowest BCUT2D eigenvalue weighted by molar-refractivity contribution is -0.131. The molecule has 1 saturated carbocycles. The highest BCUT2D eigenvalue weighted by molar-refractivity contribution is 6.16. The number of nitrogens with one attached hydrogen (secondary N) is 2. The number of hydrogen-bond acceptors (Lipinski definition) is 5. The van der Waals surface area contributed by atoms with Crippen LogP contribution >= 0.6 is 0 Å². The van der Waals surface area contributed by atoms with E-state index in [1.807, 2.05) is 53.5 Å². The van der Waals surface area contributed by atoms with Crippen LogP contribution in [0.25, 0.3) is 22.0 Å². The summed E-state index contributed by atoms with van der Waals surface area (Å²) in [5.74, 6) is -0.410. The smallest absolute Gasteiger partial charge is 0.240 e. The van der Waals surface area contributed by atoms with E-state index in [1.165, 1.54) is 24.3 Å². The number of fused-ring (bicyclic) bond motifs is 1. The maximum absolute atomic E-state index is 13.2. The monoisotopic (exact) mass is 549 g/mol. The molecule has 6 rings (SSSR count). The average Bonchev–Trinajstić information content (AvgIpc) is 3.68. The van der Waals surface area contributed by atoms with Crippen molar-refractivity contribution in [2.24, 2.45) is 5.41 Å². The SMILES string of the molecule is CCn1cc(-c2ccc3c(OCc4ccc(NC(=O)C5(C(=O)Nc6ccc(F)cc6)CC5)cc4)ccnc3c2)cn1. The molecule has 1 aliphatic rings.